The van der Waals surface area contributed by atoms with Crippen molar-refractivity contribution in [2.45, 2.75) is 0 Å². The lowest BCUT2D eigenvalue weighted by Crippen LogP contribution is -1.91. The van der Waals surface area contributed by atoms with Crippen LogP contribution in [0.4, 0.5) is 0 Å². The third-order valence-electron chi connectivity index (χ3n) is 3.70. The number of hydrogen-bond acceptors (Lipinski definition) is 5. The van der Waals surface area contributed by atoms with Crippen LogP contribution in [0.2, 0.25) is 0 Å². The summed E-state index contributed by atoms with van der Waals surface area (Å²) in [6.07, 6.45) is 7.33. The van der Waals surface area contributed by atoms with Gasteiger partial charge in [0.1, 0.15) is 11.5 Å². The number of allylic oxidation sites excluding steroid dienone is 3. The highest BCUT2D eigenvalue weighted by Gasteiger charge is 2.03. The van der Waals surface area contributed by atoms with Gasteiger partial charge in [-0.1, -0.05) is 30.4 Å². The van der Waals surface area contributed by atoms with Crippen LogP contribution in [-0.4, -0.2) is 32.2 Å². The molecule has 0 aliphatic heterocycles. The average molecular weight is 366 g/mol. The molecule has 0 aliphatic carbocycles. The summed E-state index contributed by atoms with van der Waals surface area (Å²) >= 11 is 0. The summed E-state index contributed by atoms with van der Waals surface area (Å²) in [6, 6.07) is 12.6. The maximum Gasteiger partial charge on any atom is 0.182 e. The van der Waals surface area contributed by atoms with E-state index < -0.39 is 0 Å². The molecule has 0 spiro atoms. The number of aliphatic hydroxyl groups is 1. The predicted octanol–water partition coefficient (Wildman–Crippen LogP) is 4.45. The molecule has 0 bridgehead atoms. The van der Waals surface area contributed by atoms with Gasteiger partial charge in [0, 0.05) is 6.08 Å². The number of methoxy groups -OCH3 is 3. The third-order valence-corrected chi connectivity index (χ3v) is 3.70. The lowest BCUT2D eigenvalue weighted by Gasteiger charge is -2.07. The molecule has 5 nitrogen and oxygen atoms in total. The van der Waals surface area contributed by atoms with Gasteiger partial charge in [0.05, 0.1) is 21.3 Å². The zero-order valence-corrected chi connectivity index (χ0v) is 15.5. The van der Waals surface area contributed by atoms with Crippen LogP contribution in [0.3, 0.4) is 0 Å². The zero-order valence-electron chi connectivity index (χ0n) is 15.5. The van der Waals surface area contributed by atoms with E-state index in [1.807, 2.05) is 30.3 Å². The van der Waals surface area contributed by atoms with E-state index in [1.54, 1.807) is 45.6 Å². The number of hydrogen-bond donors (Lipinski definition) is 1. The van der Waals surface area contributed by atoms with E-state index in [0.717, 1.165) is 23.0 Å². The predicted molar refractivity (Wildman–Crippen MR) is 106 cm³/mol. The summed E-state index contributed by atoms with van der Waals surface area (Å²) in [5.41, 5.74) is 1.66. The second-order valence-electron chi connectivity index (χ2n) is 5.53. The van der Waals surface area contributed by atoms with Crippen LogP contribution >= 0.6 is 0 Å². The molecule has 140 valence electrons. The molecule has 0 saturated carbocycles. The van der Waals surface area contributed by atoms with Gasteiger partial charge in [-0.05, 0) is 47.5 Å². The van der Waals surface area contributed by atoms with Crippen molar-refractivity contribution in [3.63, 3.8) is 0 Å². The first-order valence-electron chi connectivity index (χ1n) is 8.22. The zero-order chi connectivity index (χ0) is 19.6. The molecule has 0 radical (unpaired) electrons. The van der Waals surface area contributed by atoms with Gasteiger partial charge in [-0.3, -0.25) is 4.79 Å². The highest BCUT2D eigenvalue weighted by Crippen LogP contribution is 2.28. The van der Waals surface area contributed by atoms with Gasteiger partial charge in [0.25, 0.3) is 0 Å². The minimum atomic E-state index is -0.319. The maximum atomic E-state index is 11.9. The van der Waals surface area contributed by atoms with Crippen LogP contribution in [0.1, 0.15) is 11.1 Å². The molecule has 0 heterocycles. The van der Waals surface area contributed by atoms with Crippen molar-refractivity contribution in [3.05, 3.63) is 77.6 Å². The van der Waals surface area contributed by atoms with Crippen molar-refractivity contribution in [1.29, 1.82) is 0 Å². The number of carbonyl (C=O) groups is 1. The summed E-state index contributed by atoms with van der Waals surface area (Å²) in [5.74, 6) is 1.49. The fraction of sp³-hybridized carbons (Fsp3) is 0.136. The number of benzene rings is 2. The number of ether oxygens (including phenoxy) is 3. The van der Waals surface area contributed by atoms with E-state index in [0.29, 0.717) is 11.5 Å². The average Bonchev–Trinajstić information content (AvgIpc) is 2.70. The fourth-order valence-electron chi connectivity index (χ4n) is 2.27. The number of ketones is 1. The molecule has 0 aromatic heterocycles. The molecular weight excluding hydrogens is 344 g/mol. The topological polar surface area (TPSA) is 65.0 Å². The van der Waals surface area contributed by atoms with Crippen molar-refractivity contribution in [2.75, 3.05) is 21.3 Å². The second kappa shape index (κ2) is 9.87. The Hall–Kier alpha value is -3.47. The standard InChI is InChI=1S/C22H22O5/c1-25-20-11-6-16(7-12-20)4-9-18(23)15-19(24)10-5-17-8-13-21(26-2)22(14-17)27-3/h4-15,24H,1-3H3/b9-4+,10-5+,19-15-. The molecule has 0 atom stereocenters. The minimum Gasteiger partial charge on any atom is -0.508 e. The molecule has 27 heavy (non-hydrogen) atoms. The van der Waals surface area contributed by atoms with Crippen LogP contribution in [0.5, 0.6) is 17.2 Å². The maximum absolute atomic E-state index is 11.9. The monoisotopic (exact) mass is 366 g/mol. The lowest BCUT2D eigenvalue weighted by atomic mass is 10.1. The molecule has 0 fully saturated rings. The molecule has 0 amide bonds. The van der Waals surface area contributed by atoms with Gasteiger partial charge in [0.15, 0.2) is 17.3 Å². The van der Waals surface area contributed by atoms with Crippen molar-refractivity contribution in [3.8, 4) is 17.2 Å². The van der Waals surface area contributed by atoms with Gasteiger partial charge >= 0.3 is 0 Å². The molecule has 0 aliphatic rings. The Morgan fingerprint density at radius 3 is 2.07 bits per heavy atom. The van der Waals surface area contributed by atoms with Gasteiger partial charge in [0.2, 0.25) is 0 Å². The van der Waals surface area contributed by atoms with Gasteiger partial charge in [-0.25, -0.2) is 0 Å². The van der Waals surface area contributed by atoms with Gasteiger partial charge in [-0.15, -0.1) is 0 Å². The largest absolute Gasteiger partial charge is 0.508 e. The normalized spacial score (nSPS) is 11.7. The van der Waals surface area contributed by atoms with Crippen molar-refractivity contribution >= 4 is 17.9 Å². The Kier molecular flexibility index (Phi) is 7.26. The number of carbonyl (C=O) groups excluding carboxylic acids is 1. The van der Waals surface area contributed by atoms with Crippen LogP contribution in [0.15, 0.2) is 66.5 Å². The van der Waals surface area contributed by atoms with Gasteiger partial charge < -0.3 is 19.3 Å². The Bertz CT molecular complexity index is 861. The molecule has 5 heteroatoms. The minimum absolute atomic E-state index is 0.144. The number of rotatable bonds is 8. The fourth-order valence-corrected chi connectivity index (χ4v) is 2.27. The van der Waals surface area contributed by atoms with E-state index in [-0.39, 0.29) is 11.5 Å². The highest BCUT2D eigenvalue weighted by atomic mass is 16.5. The van der Waals surface area contributed by atoms with E-state index >= 15 is 0 Å². The third kappa shape index (κ3) is 6.08. The van der Waals surface area contributed by atoms with Crippen LogP contribution in [0, 0.1) is 0 Å². The highest BCUT2D eigenvalue weighted by molar-refractivity contribution is 6.02. The second-order valence-corrected chi connectivity index (χ2v) is 5.53. The van der Waals surface area contributed by atoms with E-state index in [1.165, 1.54) is 12.2 Å². The van der Waals surface area contributed by atoms with Crippen LogP contribution in [-0.2, 0) is 4.79 Å². The smallest absolute Gasteiger partial charge is 0.182 e. The SMILES string of the molecule is COc1ccc(/C=C/C(=O)/C=C(O)/C=C/c2ccc(OC)c(OC)c2)cc1. The lowest BCUT2D eigenvalue weighted by molar-refractivity contribution is -0.110. The summed E-state index contributed by atoms with van der Waals surface area (Å²) < 4.78 is 15.5. The van der Waals surface area contributed by atoms with Crippen molar-refractivity contribution in [2.24, 2.45) is 0 Å². The molecule has 2 aromatic rings. The Morgan fingerprint density at radius 1 is 0.815 bits per heavy atom. The van der Waals surface area contributed by atoms with Crippen molar-refractivity contribution in [1.82, 2.24) is 0 Å². The van der Waals surface area contributed by atoms with Crippen LogP contribution < -0.4 is 14.2 Å². The number of aliphatic hydroxyl groups excluding tert-OH is 1. The Morgan fingerprint density at radius 2 is 1.44 bits per heavy atom. The molecule has 1 N–H and O–H groups in total. The summed E-state index contributed by atoms with van der Waals surface area (Å²) in [5, 5.41) is 9.92. The first kappa shape index (κ1) is 19.8. The quantitative estimate of drug-likeness (QED) is 0.425. The van der Waals surface area contributed by atoms with E-state index in [2.05, 4.69) is 0 Å². The van der Waals surface area contributed by atoms with E-state index in [4.69, 9.17) is 14.2 Å². The summed E-state index contributed by atoms with van der Waals surface area (Å²) in [4.78, 5) is 11.9. The summed E-state index contributed by atoms with van der Waals surface area (Å²) in [6.45, 7) is 0. The first-order chi connectivity index (χ1) is 13.0. The Labute approximate surface area is 158 Å². The Balaban J connectivity index is 2.02. The van der Waals surface area contributed by atoms with Crippen LogP contribution in [0.25, 0.3) is 12.2 Å². The molecule has 0 unspecified atom stereocenters. The molecule has 2 aromatic carbocycles. The molecule has 2 rings (SSSR count). The van der Waals surface area contributed by atoms with Crippen molar-refractivity contribution < 1.29 is 24.1 Å². The molecule has 0 saturated heterocycles. The van der Waals surface area contributed by atoms with E-state index in [9.17, 15) is 9.90 Å². The first-order valence-corrected chi connectivity index (χ1v) is 8.22. The van der Waals surface area contributed by atoms with Gasteiger partial charge in [-0.2, -0.15) is 0 Å². The molecular formula is C22H22O5. The summed E-state index contributed by atoms with van der Waals surface area (Å²) in [7, 11) is 4.71.